The van der Waals surface area contributed by atoms with Gasteiger partial charge in [-0.1, -0.05) is 12.2 Å². The molecule has 0 aliphatic carbocycles. The van der Waals surface area contributed by atoms with Crippen molar-refractivity contribution in [1.29, 1.82) is 0 Å². The van der Waals surface area contributed by atoms with Gasteiger partial charge >= 0.3 is 0 Å². The first-order valence-corrected chi connectivity index (χ1v) is 3.13. The minimum atomic E-state index is 0.0887. The second-order valence-electron chi connectivity index (χ2n) is 1.73. The van der Waals surface area contributed by atoms with E-state index in [2.05, 4.69) is 12.2 Å². The Labute approximate surface area is 60.6 Å². The third-order valence-electron chi connectivity index (χ3n) is 0.762. The number of thiocarbonyl (C=S) groups is 1. The lowest BCUT2D eigenvalue weighted by Gasteiger charge is -2.00. The summed E-state index contributed by atoms with van der Waals surface area (Å²) in [5, 5.41) is 2.75. The van der Waals surface area contributed by atoms with E-state index in [-0.39, 0.29) is 5.78 Å². The number of Topliss-reactive ketones (excluding diaryl/α,β-unsaturated/α-hetero) is 1. The van der Waals surface area contributed by atoms with Gasteiger partial charge in [-0.15, -0.1) is 0 Å². The molecule has 0 saturated carbocycles. The van der Waals surface area contributed by atoms with Crippen LogP contribution in [0, 0.1) is 6.92 Å². The van der Waals surface area contributed by atoms with Crippen LogP contribution in [0.4, 0.5) is 0 Å². The lowest BCUT2D eigenvalue weighted by molar-refractivity contribution is -0.115. The Hall–Kier alpha value is -0.440. The third kappa shape index (κ3) is 5.43. The largest absolute Gasteiger partial charge is 0.373 e. The average molecular weight is 144 g/mol. The Morgan fingerprint density at radius 1 is 1.78 bits per heavy atom. The molecular formula is C6H10NOS. The van der Waals surface area contributed by atoms with Crippen molar-refractivity contribution in [2.75, 3.05) is 6.54 Å². The van der Waals surface area contributed by atoms with E-state index < -0.39 is 0 Å². The van der Waals surface area contributed by atoms with Crippen molar-refractivity contribution in [2.24, 2.45) is 0 Å². The van der Waals surface area contributed by atoms with Crippen molar-refractivity contribution in [2.45, 2.75) is 13.3 Å². The number of ketones is 1. The molecule has 51 valence electrons. The number of rotatable bonds is 3. The second-order valence-corrected chi connectivity index (χ2v) is 2.22. The van der Waals surface area contributed by atoms with Gasteiger partial charge in [-0.3, -0.25) is 4.79 Å². The smallest absolute Gasteiger partial charge is 0.148 e. The molecular weight excluding hydrogens is 134 g/mol. The van der Waals surface area contributed by atoms with E-state index in [4.69, 9.17) is 12.2 Å². The minimum absolute atomic E-state index is 0.0887. The van der Waals surface area contributed by atoms with E-state index in [0.717, 1.165) is 0 Å². The molecule has 0 fully saturated rings. The maximum absolute atomic E-state index is 10.3. The van der Waals surface area contributed by atoms with Crippen LogP contribution >= 0.6 is 12.2 Å². The van der Waals surface area contributed by atoms with Crippen LogP contribution in [0.25, 0.3) is 0 Å². The molecule has 0 rings (SSSR count). The van der Waals surface area contributed by atoms with E-state index in [0.29, 0.717) is 18.0 Å². The molecule has 9 heavy (non-hydrogen) atoms. The summed E-state index contributed by atoms with van der Waals surface area (Å²) in [5.74, 6) is 0.0887. The van der Waals surface area contributed by atoms with Crippen molar-refractivity contribution in [1.82, 2.24) is 5.32 Å². The third-order valence-corrected chi connectivity index (χ3v) is 1.11. The molecule has 1 radical (unpaired) electrons. The van der Waals surface area contributed by atoms with Crippen molar-refractivity contribution >= 4 is 23.0 Å². The van der Waals surface area contributed by atoms with Crippen LogP contribution < -0.4 is 5.32 Å². The average Bonchev–Trinajstić information content (AvgIpc) is 1.83. The van der Waals surface area contributed by atoms with Crippen molar-refractivity contribution in [3.63, 3.8) is 0 Å². The fourth-order valence-electron chi connectivity index (χ4n) is 0.311. The summed E-state index contributed by atoms with van der Waals surface area (Å²) in [5.41, 5.74) is 0. The molecule has 0 spiro atoms. The number of hydrogen-bond acceptors (Lipinski definition) is 2. The number of hydrogen-bond donors (Lipinski definition) is 1. The van der Waals surface area contributed by atoms with Gasteiger partial charge in [-0.05, 0) is 20.3 Å². The Kier molecular flexibility index (Phi) is 4.22. The monoisotopic (exact) mass is 144 g/mol. The summed E-state index contributed by atoms with van der Waals surface area (Å²) < 4.78 is 0. The van der Waals surface area contributed by atoms with Crippen LogP contribution in [0.15, 0.2) is 0 Å². The van der Waals surface area contributed by atoms with Crippen LogP contribution in [0.1, 0.15) is 13.3 Å². The normalized spacial score (nSPS) is 8.67. The van der Waals surface area contributed by atoms with Crippen LogP contribution in [0.3, 0.4) is 0 Å². The summed E-state index contributed by atoms with van der Waals surface area (Å²) in [6.07, 6.45) is 0.558. The highest BCUT2D eigenvalue weighted by Gasteiger charge is 1.92. The molecule has 0 atom stereocenters. The van der Waals surface area contributed by atoms with Crippen LogP contribution in [-0.4, -0.2) is 17.3 Å². The molecule has 0 aromatic heterocycles. The molecule has 0 aliphatic heterocycles. The highest BCUT2D eigenvalue weighted by atomic mass is 32.1. The maximum Gasteiger partial charge on any atom is 0.148 e. The number of carbonyl (C=O) groups excluding carboxylic acids is 1. The Balaban J connectivity index is 3.28. The Morgan fingerprint density at radius 3 is 2.67 bits per heavy atom. The first kappa shape index (κ1) is 8.56. The van der Waals surface area contributed by atoms with E-state index in [1.54, 1.807) is 0 Å². The van der Waals surface area contributed by atoms with Gasteiger partial charge in [-0.2, -0.15) is 0 Å². The molecule has 0 heterocycles. The van der Waals surface area contributed by atoms with Crippen molar-refractivity contribution in [3.8, 4) is 0 Å². The van der Waals surface area contributed by atoms with Crippen LogP contribution in [0.5, 0.6) is 0 Å². The van der Waals surface area contributed by atoms with Gasteiger partial charge in [0.25, 0.3) is 0 Å². The Morgan fingerprint density at radius 2 is 2.33 bits per heavy atom. The summed E-state index contributed by atoms with van der Waals surface area (Å²) in [7, 11) is 0. The summed E-state index contributed by atoms with van der Waals surface area (Å²) in [4.78, 5) is 11.0. The van der Waals surface area contributed by atoms with Gasteiger partial charge in [0.15, 0.2) is 0 Å². The maximum atomic E-state index is 10.3. The van der Waals surface area contributed by atoms with Crippen LogP contribution in [0.2, 0.25) is 0 Å². The molecule has 0 bridgehead atoms. The van der Waals surface area contributed by atoms with Gasteiger partial charge in [0.1, 0.15) is 5.78 Å². The second kappa shape index (κ2) is 4.44. The fraction of sp³-hybridized carbons (Fsp3) is 0.500. The number of carbonyl (C=O) groups is 1. The molecule has 2 nitrogen and oxygen atoms in total. The van der Waals surface area contributed by atoms with E-state index in [1.807, 2.05) is 0 Å². The zero-order chi connectivity index (χ0) is 7.28. The Bertz CT molecular complexity index is 122. The first-order chi connectivity index (χ1) is 4.16. The van der Waals surface area contributed by atoms with Crippen molar-refractivity contribution in [3.05, 3.63) is 6.92 Å². The molecule has 0 saturated heterocycles. The lowest BCUT2D eigenvalue weighted by Crippen LogP contribution is -2.25. The molecule has 1 N–H and O–H groups in total. The van der Waals surface area contributed by atoms with Gasteiger partial charge in [0, 0.05) is 0 Å². The van der Waals surface area contributed by atoms with E-state index in [9.17, 15) is 4.79 Å². The van der Waals surface area contributed by atoms with Gasteiger partial charge in [0.05, 0.1) is 11.5 Å². The summed E-state index contributed by atoms with van der Waals surface area (Å²) >= 11 is 4.75. The predicted octanol–water partition coefficient (Wildman–Crippen LogP) is 0.717. The van der Waals surface area contributed by atoms with Gasteiger partial charge < -0.3 is 5.32 Å². The van der Waals surface area contributed by atoms with E-state index in [1.165, 1.54) is 6.92 Å². The predicted molar refractivity (Wildman–Crippen MR) is 41.3 cm³/mol. The topological polar surface area (TPSA) is 29.1 Å². The van der Waals surface area contributed by atoms with Gasteiger partial charge in [-0.25, -0.2) is 0 Å². The molecule has 0 amide bonds. The molecule has 0 unspecified atom stereocenters. The molecule has 0 aromatic rings. The molecule has 3 heteroatoms. The summed E-state index contributed by atoms with van der Waals surface area (Å²) in [6, 6.07) is 0. The first-order valence-electron chi connectivity index (χ1n) is 2.72. The summed E-state index contributed by atoms with van der Waals surface area (Å²) in [6.45, 7) is 5.39. The molecule has 0 aromatic carbocycles. The number of nitrogens with one attached hydrogen (secondary N) is 1. The highest BCUT2D eigenvalue weighted by molar-refractivity contribution is 7.80. The lowest BCUT2D eigenvalue weighted by atomic mass is 10.4. The zero-order valence-electron chi connectivity index (χ0n) is 5.44. The van der Waals surface area contributed by atoms with Crippen LogP contribution in [-0.2, 0) is 4.79 Å². The van der Waals surface area contributed by atoms with Gasteiger partial charge in [0.2, 0.25) is 0 Å². The van der Waals surface area contributed by atoms with Crippen molar-refractivity contribution < 1.29 is 4.79 Å². The SMILES string of the molecule is [CH2]CC(=S)NCC(C)=O. The minimum Gasteiger partial charge on any atom is -0.373 e. The van der Waals surface area contributed by atoms with E-state index >= 15 is 0 Å². The fourth-order valence-corrected chi connectivity index (χ4v) is 0.384. The molecule has 0 aliphatic rings. The zero-order valence-corrected chi connectivity index (χ0v) is 6.25. The quantitative estimate of drug-likeness (QED) is 0.592. The highest BCUT2D eigenvalue weighted by Crippen LogP contribution is 1.77. The standard InChI is InChI=1S/C6H10NOS/c1-3-6(9)7-4-5(2)8/h1,3-4H2,2H3,(H,7,9).